The molecule has 2 nitrogen and oxygen atoms in total. The molecule has 0 bridgehead atoms. The van der Waals surface area contributed by atoms with Crippen LogP contribution in [0.25, 0.3) is 0 Å². The molecule has 94 valence electrons. The second kappa shape index (κ2) is 5.24. The molecule has 0 saturated carbocycles. The van der Waals surface area contributed by atoms with Crippen molar-refractivity contribution < 1.29 is 8.42 Å². The van der Waals surface area contributed by atoms with Gasteiger partial charge in [-0.15, -0.1) is 0 Å². The monoisotopic (exact) mass is 324 g/mol. The summed E-state index contributed by atoms with van der Waals surface area (Å²) >= 11 is 3.60. The highest BCUT2D eigenvalue weighted by molar-refractivity contribution is 9.09. The molecule has 2 aromatic carbocycles. The fraction of sp³-hybridized carbons (Fsp3) is 0.143. The fourth-order valence-electron chi connectivity index (χ4n) is 1.72. The van der Waals surface area contributed by atoms with Crippen LogP contribution in [-0.4, -0.2) is 14.7 Å². The SMILES string of the molecule is CS(=O)(=O)c1cccc(C(Br)c2ccccc2)c1. The van der Waals surface area contributed by atoms with E-state index in [0.29, 0.717) is 4.90 Å². The smallest absolute Gasteiger partial charge is 0.175 e. The number of hydrogen-bond acceptors (Lipinski definition) is 2. The molecule has 0 amide bonds. The van der Waals surface area contributed by atoms with Crippen molar-refractivity contribution >= 4 is 25.8 Å². The van der Waals surface area contributed by atoms with Crippen molar-refractivity contribution in [1.29, 1.82) is 0 Å². The summed E-state index contributed by atoms with van der Waals surface area (Å²) in [4.78, 5) is 0.348. The zero-order valence-corrected chi connectivity index (χ0v) is 12.3. The van der Waals surface area contributed by atoms with E-state index in [9.17, 15) is 8.42 Å². The Morgan fingerprint density at radius 3 is 2.17 bits per heavy atom. The highest BCUT2D eigenvalue weighted by Crippen LogP contribution is 2.31. The third-order valence-electron chi connectivity index (χ3n) is 2.67. The van der Waals surface area contributed by atoms with E-state index in [1.54, 1.807) is 18.2 Å². The summed E-state index contributed by atoms with van der Waals surface area (Å²) in [7, 11) is -3.16. The molecule has 1 unspecified atom stereocenters. The Morgan fingerprint density at radius 2 is 1.56 bits per heavy atom. The summed E-state index contributed by atoms with van der Waals surface area (Å²) in [6.07, 6.45) is 1.22. The summed E-state index contributed by atoms with van der Waals surface area (Å²) in [6.45, 7) is 0. The van der Waals surface area contributed by atoms with E-state index >= 15 is 0 Å². The van der Waals surface area contributed by atoms with Crippen LogP contribution in [0.15, 0.2) is 59.5 Å². The molecule has 1 atom stereocenters. The minimum absolute atomic E-state index is 0.000370. The molecule has 0 saturated heterocycles. The summed E-state index contributed by atoms with van der Waals surface area (Å²) in [6, 6.07) is 16.9. The van der Waals surface area contributed by atoms with Crippen molar-refractivity contribution in [2.45, 2.75) is 9.72 Å². The van der Waals surface area contributed by atoms with Crippen molar-refractivity contribution in [3.8, 4) is 0 Å². The van der Waals surface area contributed by atoms with E-state index in [-0.39, 0.29) is 4.83 Å². The molecule has 0 aromatic heterocycles. The van der Waals surface area contributed by atoms with E-state index in [1.807, 2.05) is 36.4 Å². The van der Waals surface area contributed by atoms with Gasteiger partial charge in [-0.05, 0) is 23.3 Å². The zero-order valence-electron chi connectivity index (χ0n) is 9.88. The van der Waals surface area contributed by atoms with Gasteiger partial charge < -0.3 is 0 Å². The molecule has 2 rings (SSSR count). The average Bonchev–Trinajstić information content (AvgIpc) is 2.38. The largest absolute Gasteiger partial charge is 0.224 e. The van der Waals surface area contributed by atoms with Crippen molar-refractivity contribution in [1.82, 2.24) is 0 Å². The number of benzene rings is 2. The molecular weight excluding hydrogens is 312 g/mol. The normalized spacial score (nSPS) is 13.2. The molecule has 0 aliphatic heterocycles. The van der Waals surface area contributed by atoms with Crippen LogP contribution in [0.1, 0.15) is 16.0 Å². The molecule has 0 spiro atoms. The Morgan fingerprint density at radius 1 is 0.944 bits per heavy atom. The molecule has 0 N–H and O–H groups in total. The van der Waals surface area contributed by atoms with Crippen LogP contribution in [-0.2, 0) is 9.84 Å². The zero-order chi connectivity index (χ0) is 13.2. The lowest BCUT2D eigenvalue weighted by Crippen LogP contribution is -1.99. The molecule has 0 aliphatic carbocycles. The highest BCUT2D eigenvalue weighted by Gasteiger charge is 2.13. The van der Waals surface area contributed by atoms with Gasteiger partial charge in [0, 0.05) is 6.26 Å². The lowest BCUT2D eigenvalue weighted by molar-refractivity contribution is 0.602. The van der Waals surface area contributed by atoms with Crippen molar-refractivity contribution in [3.05, 3.63) is 65.7 Å². The first-order valence-electron chi connectivity index (χ1n) is 5.47. The molecular formula is C14H13BrO2S. The second-order valence-corrected chi connectivity index (χ2v) is 7.05. The van der Waals surface area contributed by atoms with Gasteiger partial charge in [0.05, 0.1) is 9.72 Å². The fourth-order valence-corrected chi connectivity index (χ4v) is 2.98. The minimum atomic E-state index is -3.16. The topological polar surface area (TPSA) is 34.1 Å². The summed E-state index contributed by atoms with van der Waals surface area (Å²) < 4.78 is 23.1. The molecule has 0 heterocycles. The second-order valence-electron chi connectivity index (χ2n) is 4.12. The Balaban J connectivity index is 2.41. The van der Waals surface area contributed by atoms with Crippen LogP contribution in [0, 0.1) is 0 Å². The van der Waals surface area contributed by atoms with Gasteiger partial charge in [0.1, 0.15) is 0 Å². The van der Waals surface area contributed by atoms with Gasteiger partial charge in [-0.3, -0.25) is 0 Å². The summed E-state index contributed by atoms with van der Waals surface area (Å²) in [5.41, 5.74) is 2.03. The summed E-state index contributed by atoms with van der Waals surface area (Å²) in [5, 5.41) is 0. The maximum absolute atomic E-state index is 11.5. The molecule has 0 aliphatic rings. The van der Waals surface area contributed by atoms with Gasteiger partial charge in [-0.2, -0.15) is 0 Å². The Kier molecular flexibility index (Phi) is 3.88. The Hall–Kier alpha value is -1.13. The van der Waals surface area contributed by atoms with Crippen molar-refractivity contribution in [3.63, 3.8) is 0 Å². The van der Waals surface area contributed by atoms with Crippen LogP contribution in [0.5, 0.6) is 0 Å². The predicted molar refractivity (Wildman–Crippen MR) is 76.8 cm³/mol. The number of sulfone groups is 1. The Labute approximate surface area is 116 Å². The lowest BCUT2D eigenvalue weighted by Gasteiger charge is -2.11. The van der Waals surface area contributed by atoms with Crippen LogP contribution in [0.2, 0.25) is 0 Å². The molecule has 0 fully saturated rings. The average molecular weight is 325 g/mol. The Bertz CT molecular complexity index is 636. The van der Waals surface area contributed by atoms with E-state index in [2.05, 4.69) is 15.9 Å². The van der Waals surface area contributed by atoms with Gasteiger partial charge in [-0.25, -0.2) is 8.42 Å². The van der Waals surface area contributed by atoms with E-state index in [0.717, 1.165) is 11.1 Å². The van der Waals surface area contributed by atoms with Gasteiger partial charge >= 0.3 is 0 Å². The van der Waals surface area contributed by atoms with Gasteiger partial charge in [-0.1, -0.05) is 58.4 Å². The van der Waals surface area contributed by atoms with Crippen LogP contribution in [0.3, 0.4) is 0 Å². The third kappa shape index (κ3) is 3.00. The van der Waals surface area contributed by atoms with Crippen LogP contribution >= 0.6 is 15.9 Å². The van der Waals surface area contributed by atoms with Crippen molar-refractivity contribution in [2.24, 2.45) is 0 Å². The van der Waals surface area contributed by atoms with Crippen LogP contribution in [0.4, 0.5) is 0 Å². The standard InChI is InChI=1S/C14H13BrO2S/c1-18(16,17)13-9-5-8-12(10-13)14(15)11-6-3-2-4-7-11/h2-10,14H,1H3. The van der Waals surface area contributed by atoms with Crippen LogP contribution < -0.4 is 0 Å². The first-order valence-corrected chi connectivity index (χ1v) is 8.28. The highest BCUT2D eigenvalue weighted by atomic mass is 79.9. The number of halogens is 1. The number of hydrogen-bond donors (Lipinski definition) is 0. The lowest BCUT2D eigenvalue weighted by atomic mass is 10.1. The third-order valence-corrected chi connectivity index (χ3v) is 4.84. The van der Waals surface area contributed by atoms with Gasteiger partial charge in [0.2, 0.25) is 0 Å². The van der Waals surface area contributed by atoms with E-state index < -0.39 is 9.84 Å². The maximum Gasteiger partial charge on any atom is 0.175 e. The maximum atomic E-state index is 11.5. The predicted octanol–water partition coefficient (Wildman–Crippen LogP) is 3.57. The quantitative estimate of drug-likeness (QED) is 0.809. The van der Waals surface area contributed by atoms with Gasteiger partial charge in [0.25, 0.3) is 0 Å². The minimum Gasteiger partial charge on any atom is -0.224 e. The van der Waals surface area contributed by atoms with Crippen molar-refractivity contribution in [2.75, 3.05) is 6.26 Å². The number of rotatable bonds is 3. The molecule has 4 heteroatoms. The van der Waals surface area contributed by atoms with E-state index in [4.69, 9.17) is 0 Å². The molecule has 2 aromatic rings. The summed E-state index contributed by atoms with van der Waals surface area (Å²) in [5.74, 6) is 0. The first-order chi connectivity index (χ1) is 8.48. The molecule has 18 heavy (non-hydrogen) atoms. The van der Waals surface area contributed by atoms with Gasteiger partial charge in [0.15, 0.2) is 9.84 Å². The van der Waals surface area contributed by atoms with E-state index in [1.165, 1.54) is 6.26 Å². The molecule has 0 radical (unpaired) electrons. The first kappa shape index (κ1) is 13.3. The number of alkyl halides is 1.